The van der Waals surface area contributed by atoms with Crippen molar-refractivity contribution in [3.05, 3.63) is 76.8 Å². The van der Waals surface area contributed by atoms with Crippen LogP contribution in [-0.4, -0.2) is 23.9 Å². The molecule has 1 aliphatic rings. The van der Waals surface area contributed by atoms with Gasteiger partial charge in [-0.05, 0) is 60.3 Å². The van der Waals surface area contributed by atoms with Crippen molar-refractivity contribution in [1.29, 1.82) is 0 Å². The van der Waals surface area contributed by atoms with E-state index >= 15 is 0 Å². The van der Waals surface area contributed by atoms with E-state index in [0.29, 0.717) is 5.02 Å². The van der Waals surface area contributed by atoms with Crippen molar-refractivity contribution in [2.45, 2.75) is 26.3 Å². The summed E-state index contributed by atoms with van der Waals surface area (Å²) in [6.07, 6.45) is 1.97. The molecule has 1 N–H and O–H groups in total. The van der Waals surface area contributed by atoms with E-state index in [-0.39, 0.29) is 11.8 Å². The van der Waals surface area contributed by atoms with E-state index in [1.54, 1.807) is 0 Å². The summed E-state index contributed by atoms with van der Waals surface area (Å²) in [4.78, 5) is 15.3. The van der Waals surface area contributed by atoms with Crippen LogP contribution in [0.5, 0.6) is 0 Å². The van der Waals surface area contributed by atoms with Crippen molar-refractivity contribution in [2.24, 2.45) is 5.92 Å². The van der Waals surface area contributed by atoms with Crippen LogP contribution < -0.4 is 5.32 Å². The highest BCUT2D eigenvalue weighted by Crippen LogP contribution is 2.25. The molecule has 3 nitrogen and oxygen atoms in total. The Morgan fingerprint density at radius 3 is 2.86 bits per heavy atom. The van der Waals surface area contributed by atoms with Crippen LogP contribution in [0.25, 0.3) is 10.8 Å². The number of likely N-dealkylation sites (tertiary alicyclic amines) is 1. The summed E-state index contributed by atoms with van der Waals surface area (Å²) in [6.45, 7) is 4.68. The predicted molar refractivity (Wildman–Crippen MR) is 117 cm³/mol. The molecule has 1 amide bonds. The molecular formula is C24H25ClN2O. The number of hydrogen-bond acceptors (Lipinski definition) is 2. The van der Waals surface area contributed by atoms with Crippen LogP contribution in [0.1, 0.15) is 24.0 Å². The molecule has 4 heteroatoms. The Morgan fingerprint density at radius 1 is 1.14 bits per heavy atom. The second-order valence-electron chi connectivity index (χ2n) is 7.66. The molecule has 1 heterocycles. The zero-order chi connectivity index (χ0) is 19.5. The van der Waals surface area contributed by atoms with Gasteiger partial charge >= 0.3 is 0 Å². The molecule has 1 unspecified atom stereocenters. The van der Waals surface area contributed by atoms with Crippen molar-refractivity contribution in [3.8, 4) is 0 Å². The van der Waals surface area contributed by atoms with E-state index in [1.165, 1.54) is 16.3 Å². The van der Waals surface area contributed by atoms with Crippen LogP contribution in [0.2, 0.25) is 5.02 Å². The normalized spacial score (nSPS) is 17.6. The molecule has 144 valence electrons. The van der Waals surface area contributed by atoms with Crippen molar-refractivity contribution in [2.75, 3.05) is 18.4 Å². The molecule has 3 aromatic carbocycles. The van der Waals surface area contributed by atoms with E-state index in [2.05, 4.69) is 52.7 Å². The van der Waals surface area contributed by atoms with Crippen molar-refractivity contribution >= 4 is 34.0 Å². The first-order chi connectivity index (χ1) is 13.6. The summed E-state index contributed by atoms with van der Waals surface area (Å²) in [5.41, 5.74) is 3.16. The third-order valence-electron chi connectivity index (χ3n) is 5.61. The first-order valence-electron chi connectivity index (χ1n) is 9.86. The van der Waals surface area contributed by atoms with Gasteiger partial charge in [-0.2, -0.15) is 0 Å². The Balaban J connectivity index is 1.45. The molecule has 1 aliphatic heterocycles. The number of piperidine rings is 1. The number of fused-ring (bicyclic) bond motifs is 1. The second kappa shape index (κ2) is 8.34. The van der Waals surface area contributed by atoms with Gasteiger partial charge in [0.15, 0.2) is 0 Å². The van der Waals surface area contributed by atoms with E-state index in [0.717, 1.165) is 43.7 Å². The SMILES string of the molecule is Cc1ccc(Cl)cc1NC(=O)C1CCCN(Cc2cccc3ccccc23)C1. The average molecular weight is 393 g/mol. The van der Waals surface area contributed by atoms with Gasteiger partial charge in [-0.15, -0.1) is 0 Å². The lowest BCUT2D eigenvalue weighted by atomic mass is 9.95. The Labute approximate surface area is 171 Å². The van der Waals surface area contributed by atoms with Gasteiger partial charge in [-0.1, -0.05) is 60.1 Å². The van der Waals surface area contributed by atoms with E-state index in [4.69, 9.17) is 11.6 Å². The number of anilines is 1. The molecule has 0 saturated carbocycles. The number of carbonyl (C=O) groups excluding carboxylic acids is 1. The predicted octanol–water partition coefficient (Wildman–Crippen LogP) is 5.65. The molecule has 1 saturated heterocycles. The van der Waals surface area contributed by atoms with Crippen LogP contribution in [0.3, 0.4) is 0 Å². The van der Waals surface area contributed by atoms with E-state index in [9.17, 15) is 4.79 Å². The minimum atomic E-state index is 0.00195. The van der Waals surface area contributed by atoms with Gasteiger partial charge in [0.25, 0.3) is 0 Å². The van der Waals surface area contributed by atoms with Crippen molar-refractivity contribution in [3.63, 3.8) is 0 Å². The minimum absolute atomic E-state index is 0.00195. The molecular weight excluding hydrogens is 368 g/mol. The number of nitrogens with one attached hydrogen (secondary N) is 1. The topological polar surface area (TPSA) is 32.3 Å². The van der Waals surface area contributed by atoms with E-state index in [1.807, 2.05) is 25.1 Å². The first kappa shape index (κ1) is 19.0. The van der Waals surface area contributed by atoms with Gasteiger partial charge in [0.2, 0.25) is 5.91 Å². The number of aryl methyl sites for hydroxylation is 1. The molecule has 0 bridgehead atoms. The maximum absolute atomic E-state index is 12.9. The number of hydrogen-bond donors (Lipinski definition) is 1. The van der Waals surface area contributed by atoms with Gasteiger partial charge in [-0.3, -0.25) is 9.69 Å². The zero-order valence-electron chi connectivity index (χ0n) is 16.1. The molecule has 4 rings (SSSR count). The standard InChI is InChI=1S/C24H25ClN2O/c1-17-11-12-21(25)14-23(17)26-24(28)20-9-5-13-27(16-20)15-19-8-4-7-18-6-2-3-10-22(18)19/h2-4,6-8,10-12,14,20H,5,9,13,15-16H2,1H3,(H,26,28). The Kier molecular flexibility index (Phi) is 5.65. The van der Waals surface area contributed by atoms with Crippen molar-refractivity contribution in [1.82, 2.24) is 4.90 Å². The number of nitrogens with zero attached hydrogens (tertiary/aromatic N) is 1. The summed E-state index contributed by atoms with van der Waals surface area (Å²) in [6, 6.07) is 20.6. The lowest BCUT2D eigenvalue weighted by Crippen LogP contribution is -2.40. The Morgan fingerprint density at radius 2 is 1.96 bits per heavy atom. The third-order valence-corrected chi connectivity index (χ3v) is 5.84. The second-order valence-corrected chi connectivity index (χ2v) is 8.10. The van der Waals surface area contributed by atoms with E-state index < -0.39 is 0 Å². The summed E-state index contributed by atoms with van der Waals surface area (Å²) in [5.74, 6) is 0.0927. The summed E-state index contributed by atoms with van der Waals surface area (Å²) in [7, 11) is 0. The van der Waals surface area contributed by atoms with Gasteiger partial charge in [-0.25, -0.2) is 0 Å². The molecule has 1 fully saturated rings. The fourth-order valence-corrected chi connectivity index (χ4v) is 4.22. The zero-order valence-corrected chi connectivity index (χ0v) is 16.9. The maximum atomic E-state index is 12.9. The lowest BCUT2D eigenvalue weighted by Gasteiger charge is -2.32. The lowest BCUT2D eigenvalue weighted by molar-refractivity contribution is -0.121. The number of halogens is 1. The van der Waals surface area contributed by atoms with Crippen molar-refractivity contribution < 1.29 is 4.79 Å². The summed E-state index contributed by atoms with van der Waals surface area (Å²) < 4.78 is 0. The minimum Gasteiger partial charge on any atom is -0.326 e. The van der Waals surface area contributed by atoms with Crippen LogP contribution in [0, 0.1) is 12.8 Å². The largest absolute Gasteiger partial charge is 0.326 e. The van der Waals surface area contributed by atoms with Crippen LogP contribution in [-0.2, 0) is 11.3 Å². The van der Waals surface area contributed by atoms with Crippen LogP contribution in [0.4, 0.5) is 5.69 Å². The maximum Gasteiger partial charge on any atom is 0.228 e. The molecule has 1 atom stereocenters. The fraction of sp³-hybridized carbons (Fsp3) is 0.292. The van der Waals surface area contributed by atoms with Gasteiger partial charge in [0.1, 0.15) is 0 Å². The Bertz CT molecular complexity index is 996. The number of amides is 1. The monoisotopic (exact) mass is 392 g/mol. The number of rotatable bonds is 4. The quantitative estimate of drug-likeness (QED) is 0.622. The molecule has 0 aliphatic carbocycles. The summed E-state index contributed by atoms with van der Waals surface area (Å²) >= 11 is 6.09. The highest BCUT2D eigenvalue weighted by molar-refractivity contribution is 6.31. The highest BCUT2D eigenvalue weighted by atomic mass is 35.5. The average Bonchev–Trinajstić information content (AvgIpc) is 2.71. The first-order valence-corrected chi connectivity index (χ1v) is 10.2. The molecule has 0 spiro atoms. The third kappa shape index (κ3) is 4.21. The van der Waals surface area contributed by atoms with Gasteiger partial charge < -0.3 is 5.32 Å². The molecule has 0 radical (unpaired) electrons. The smallest absolute Gasteiger partial charge is 0.228 e. The van der Waals surface area contributed by atoms with Crippen LogP contribution >= 0.6 is 11.6 Å². The molecule has 3 aromatic rings. The van der Waals surface area contributed by atoms with Crippen LogP contribution in [0.15, 0.2) is 60.7 Å². The number of carbonyl (C=O) groups is 1. The van der Waals surface area contributed by atoms with Gasteiger partial charge in [0, 0.05) is 23.8 Å². The molecule has 28 heavy (non-hydrogen) atoms. The fourth-order valence-electron chi connectivity index (χ4n) is 4.05. The van der Waals surface area contributed by atoms with Gasteiger partial charge in [0.05, 0.1) is 5.92 Å². The summed E-state index contributed by atoms with van der Waals surface area (Å²) in [5, 5.41) is 6.29. The highest BCUT2D eigenvalue weighted by Gasteiger charge is 2.26. The Hall–Kier alpha value is -2.36. The molecule has 0 aromatic heterocycles. The number of benzene rings is 3.